The summed E-state index contributed by atoms with van der Waals surface area (Å²) in [5, 5.41) is 8.62. The van der Waals surface area contributed by atoms with Gasteiger partial charge in [-0.2, -0.15) is 0 Å². The number of benzene rings is 6. The maximum Gasteiger partial charge on any atom is 0.0622 e. The minimum Gasteiger partial charge on any atom is -0.310 e. The molecule has 9 rings (SSSR count). The quantitative estimate of drug-likeness (QED) is 0.196. The fourth-order valence-electron chi connectivity index (χ4n) is 7.23. The third kappa shape index (κ3) is 3.94. The molecular formula is C42H32N2S. The van der Waals surface area contributed by atoms with Crippen LogP contribution in [0.3, 0.4) is 0 Å². The second-order valence-corrected chi connectivity index (χ2v) is 14.0. The Bertz CT molecular complexity index is 2430. The molecule has 216 valence electrons. The smallest absolute Gasteiger partial charge is 0.0622 e. The van der Waals surface area contributed by atoms with Crippen molar-refractivity contribution in [3.63, 3.8) is 0 Å². The molecule has 0 aliphatic rings. The van der Waals surface area contributed by atoms with E-state index in [1.165, 1.54) is 70.6 Å². The van der Waals surface area contributed by atoms with Gasteiger partial charge in [0.15, 0.2) is 0 Å². The van der Waals surface area contributed by atoms with Crippen LogP contribution in [0.1, 0.15) is 26.3 Å². The Balaban J connectivity index is 1.40. The zero-order valence-corrected chi connectivity index (χ0v) is 26.4. The number of para-hydroxylation sites is 2. The first-order valence-corrected chi connectivity index (χ1v) is 16.5. The SMILES string of the molecule is CC(C)(C)c1ccc(N(c2cc3c4ccccc4n4c5ccccc5c(c2)c34)c2ccc3sccc3c2-c2ccccc2)cc1. The third-order valence-electron chi connectivity index (χ3n) is 9.35. The molecule has 3 aromatic heterocycles. The number of hydrogen-bond donors (Lipinski definition) is 0. The number of aromatic nitrogens is 1. The summed E-state index contributed by atoms with van der Waals surface area (Å²) in [6.07, 6.45) is 0. The standard InChI is InChI=1S/C42H32N2S/c1-42(2,3)28-17-19-29(20-18-28)43(38-21-22-39-33(23-24-45-39)40(38)27-11-5-4-6-12-27)30-25-34-31-13-7-9-15-36(31)44-37-16-10-8-14-32(37)35(26-30)41(34)44/h4-26H,1-3H3. The van der Waals surface area contributed by atoms with Crippen LogP contribution in [0.15, 0.2) is 139 Å². The van der Waals surface area contributed by atoms with Gasteiger partial charge in [-0.15, -0.1) is 11.3 Å². The van der Waals surface area contributed by atoms with Gasteiger partial charge in [0.05, 0.1) is 22.2 Å². The summed E-state index contributed by atoms with van der Waals surface area (Å²) in [7, 11) is 0. The summed E-state index contributed by atoms with van der Waals surface area (Å²) >= 11 is 1.80. The van der Waals surface area contributed by atoms with E-state index in [1.807, 2.05) is 0 Å². The Morgan fingerprint density at radius 3 is 1.82 bits per heavy atom. The van der Waals surface area contributed by atoms with E-state index in [2.05, 4.69) is 169 Å². The van der Waals surface area contributed by atoms with Gasteiger partial charge in [0, 0.05) is 48.6 Å². The highest BCUT2D eigenvalue weighted by Gasteiger charge is 2.24. The number of hydrogen-bond acceptors (Lipinski definition) is 2. The van der Waals surface area contributed by atoms with E-state index in [9.17, 15) is 0 Å². The van der Waals surface area contributed by atoms with Crippen molar-refractivity contribution in [3.05, 3.63) is 144 Å². The van der Waals surface area contributed by atoms with Gasteiger partial charge in [-0.25, -0.2) is 0 Å². The first-order valence-electron chi connectivity index (χ1n) is 15.6. The minimum atomic E-state index is 0.0739. The molecule has 3 heterocycles. The monoisotopic (exact) mass is 596 g/mol. The molecule has 0 aliphatic heterocycles. The highest BCUT2D eigenvalue weighted by atomic mass is 32.1. The fourth-order valence-corrected chi connectivity index (χ4v) is 8.02. The second kappa shape index (κ2) is 9.69. The summed E-state index contributed by atoms with van der Waals surface area (Å²) in [5.41, 5.74) is 11.2. The van der Waals surface area contributed by atoms with Crippen LogP contribution in [-0.4, -0.2) is 4.40 Å². The number of nitrogens with zero attached hydrogens (tertiary/aromatic N) is 2. The number of fused-ring (bicyclic) bond motifs is 7. The maximum absolute atomic E-state index is 2.48. The third-order valence-corrected chi connectivity index (χ3v) is 10.2. The Morgan fingerprint density at radius 1 is 0.556 bits per heavy atom. The van der Waals surface area contributed by atoms with Crippen molar-refractivity contribution in [2.75, 3.05) is 4.90 Å². The predicted molar refractivity (Wildman–Crippen MR) is 195 cm³/mol. The van der Waals surface area contributed by atoms with Gasteiger partial charge < -0.3 is 9.30 Å². The van der Waals surface area contributed by atoms with E-state index in [0.29, 0.717) is 0 Å². The second-order valence-electron chi connectivity index (χ2n) is 13.0. The minimum absolute atomic E-state index is 0.0739. The van der Waals surface area contributed by atoms with Gasteiger partial charge in [-0.1, -0.05) is 99.6 Å². The van der Waals surface area contributed by atoms with E-state index in [1.54, 1.807) is 11.3 Å². The molecule has 0 amide bonds. The number of thiophene rings is 1. The average Bonchev–Trinajstić information content (AvgIpc) is 3.77. The molecule has 9 aromatic rings. The topological polar surface area (TPSA) is 7.65 Å². The lowest BCUT2D eigenvalue weighted by atomic mass is 9.87. The molecule has 45 heavy (non-hydrogen) atoms. The molecule has 0 atom stereocenters. The Kier molecular flexibility index (Phi) is 5.66. The molecule has 2 nitrogen and oxygen atoms in total. The molecule has 0 saturated heterocycles. The van der Waals surface area contributed by atoms with Crippen LogP contribution < -0.4 is 4.90 Å². The van der Waals surface area contributed by atoms with Crippen LogP contribution in [0.2, 0.25) is 0 Å². The molecule has 6 aromatic carbocycles. The molecule has 0 bridgehead atoms. The molecule has 0 fully saturated rings. The van der Waals surface area contributed by atoms with E-state index in [4.69, 9.17) is 0 Å². The molecule has 0 radical (unpaired) electrons. The van der Waals surface area contributed by atoms with Gasteiger partial charge in [0.1, 0.15) is 0 Å². The largest absolute Gasteiger partial charge is 0.310 e. The van der Waals surface area contributed by atoms with Crippen molar-refractivity contribution in [1.29, 1.82) is 0 Å². The van der Waals surface area contributed by atoms with Crippen molar-refractivity contribution in [1.82, 2.24) is 4.40 Å². The molecular weight excluding hydrogens is 565 g/mol. The summed E-state index contributed by atoms with van der Waals surface area (Å²) in [5.74, 6) is 0. The molecule has 0 saturated carbocycles. The van der Waals surface area contributed by atoms with Crippen molar-refractivity contribution in [2.45, 2.75) is 26.2 Å². The van der Waals surface area contributed by atoms with E-state index < -0.39 is 0 Å². The summed E-state index contributed by atoms with van der Waals surface area (Å²) in [6, 6.07) is 49.4. The van der Waals surface area contributed by atoms with Crippen molar-refractivity contribution in [2.24, 2.45) is 0 Å². The lowest BCUT2D eigenvalue weighted by Crippen LogP contribution is -2.14. The van der Waals surface area contributed by atoms with E-state index in [-0.39, 0.29) is 5.41 Å². The van der Waals surface area contributed by atoms with Crippen LogP contribution in [0, 0.1) is 0 Å². The lowest BCUT2D eigenvalue weighted by molar-refractivity contribution is 0.590. The van der Waals surface area contributed by atoms with Gasteiger partial charge >= 0.3 is 0 Å². The number of rotatable bonds is 4. The van der Waals surface area contributed by atoms with Crippen molar-refractivity contribution >= 4 is 76.6 Å². The van der Waals surface area contributed by atoms with Gasteiger partial charge in [-0.05, 0) is 76.5 Å². The fraction of sp³-hybridized carbons (Fsp3) is 0.0952. The molecule has 3 heteroatoms. The molecule has 0 aliphatic carbocycles. The zero-order chi connectivity index (χ0) is 30.3. The first-order chi connectivity index (χ1) is 22.0. The number of anilines is 3. The summed E-state index contributed by atoms with van der Waals surface area (Å²) in [4.78, 5) is 2.48. The van der Waals surface area contributed by atoms with Gasteiger partial charge in [-0.3, -0.25) is 0 Å². The van der Waals surface area contributed by atoms with Crippen LogP contribution in [0.5, 0.6) is 0 Å². The Labute approximate surface area is 266 Å². The van der Waals surface area contributed by atoms with E-state index in [0.717, 1.165) is 11.4 Å². The van der Waals surface area contributed by atoms with Gasteiger partial charge in [0.2, 0.25) is 0 Å². The summed E-state index contributed by atoms with van der Waals surface area (Å²) in [6.45, 7) is 6.84. The van der Waals surface area contributed by atoms with Crippen LogP contribution in [-0.2, 0) is 5.41 Å². The Morgan fingerprint density at radius 2 is 1.18 bits per heavy atom. The lowest BCUT2D eigenvalue weighted by Gasteiger charge is -2.29. The molecule has 0 unspecified atom stereocenters. The van der Waals surface area contributed by atoms with Gasteiger partial charge in [0.25, 0.3) is 0 Å². The Hall–Kier alpha value is -5.12. The van der Waals surface area contributed by atoms with Crippen LogP contribution >= 0.6 is 11.3 Å². The highest BCUT2D eigenvalue weighted by molar-refractivity contribution is 7.17. The predicted octanol–water partition coefficient (Wildman–Crippen LogP) is 12.5. The maximum atomic E-state index is 2.48. The normalized spacial score (nSPS) is 12.3. The first kappa shape index (κ1) is 26.3. The van der Waals surface area contributed by atoms with E-state index >= 15 is 0 Å². The van der Waals surface area contributed by atoms with Crippen LogP contribution in [0.4, 0.5) is 17.1 Å². The highest BCUT2D eigenvalue weighted by Crippen LogP contribution is 2.48. The molecule has 0 spiro atoms. The van der Waals surface area contributed by atoms with Crippen molar-refractivity contribution in [3.8, 4) is 11.1 Å². The zero-order valence-electron chi connectivity index (χ0n) is 25.6. The average molecular weight is 597 g/mol. The summed E-state index contributed by atoms with van der Waals surface area (Å²) < 4.78 is 3.75. The molecule has 0 N–H and O–H groups in total. The van der Waals surface area contributed by atoms with Crippen LogP contribution in [0.25, 0.3) is 59.3 Å². The van der Waals surface area contributed by atoms with Crippen molar-refractivity contribution < 1.29 is 0 Å².